The van der Waals surface area contributed by atoms with Gasteiger partial charge in [0.2, 0.25) is 11.8 Å². The molecule has 3 amide bonds. The van der Waals surface area contributed by atoms with Crippen LogP contribution in [0.2, 0.25) is 0 Å². The second-order valence-corrected chi connectivity index (χ2v) is 7.99. The summed E-state index contributed by atoms with van der Waals surface area (Å²) >= 11 is 0. The van der Waals surface area contributed by atoms with Crippen LogP contribution in [0.3, 0.4) is 0 Å². The summed E-state index contributed by atoms with van der Waals surface area (Å²) in [4.78, 5) is 38.5. The predicted molar refractivity (Wildman–Crippen MR) is 125 cm³/mol. The van der Waals surface area contributed by atoms with E-state index in [0.29, 0.717) is 24.5 Å². The van der Waals surface area contributed by atoms with Crippen molar-refractivity contribution in [2.45, 2.75) is 40.0 Å². The Labute approximate surface area is 189 Å². The molecule has 0 aromatic heterocycles. The molecule has 1 aliphatic rings. The summed E-state index contributed by atoms with van der Waals surface area (Å²) in [5, 5.41) is 5.79. The number of aryl methyl sites for hydroxylation is 2. The smallest absolute Gasteiger partial charge is 0.262 e. The van der Waals surface area contributed by atoms with Crippen molar-refractivity contribution < 1.29 is 19.1 Å². The number of hydrogen-bond acceptors (Lipinski definition) is 4. The second-order valence-electron chi connectivity index (χ2n) is 7.99. The van der Waals surface area contributed by atoms with E-state index in [9.17, 15) is 14.4 Å². The van der Waals surface area contributed by atoms with Gasteiger partial charge in [-0.3, -0.25) is 14.4 Å². The molecule has 170 valence electrons. The van der Waals surface area contributed by atoms with E-state index < -0.39 is 0 Å². The van der Waals surface area contributed by atoms with Crippen molar-refractivity contribution >= 4 is 29.1 Å². The van der Waals surface area contributed by atoms with Crippen LogP contribution >= 0.6 is 0 Å². The lowest BCUT2D eigenvalue weighted by Gasteiger charge is -2.17. The van der Waals surface area contributed by atoms with Crippen LogP contribution in [0.15, 0.2) is 42.5 Å². The molecule has 2 aromatic carbocycles. The molecule has 3 rings (SSSR count). The van der Waals surface area contributed by atoms with Gasteiger partial charge in [-0.05, 0) is 55.2 Å². The quantitative estimate of drug-likeness (QED) is 0.629. The van der Waals surface area contributed by atoms with Crippen molar-refractivity contribution in [1.82, 2.24) is 5.32 Å². The van der Waals surface area contributed by atoms with E-state index in [4.69, 9.17) is 4.74 Å². The van der Waals surface area contributed by atoms with Crippen LogP contribution in [-0.4, -0.2) is 37.4 Å². The fraction of sp³-hybridized carbons (Fsp3) is 0.400. The van der Waals surface area contributed by atoms with Gasteiger partial charge < -0.3 is 20.3 Å². The molecule has 1 heterocycles. The molecule has 1 saturated heterocycles. The maximum Gasteiger partial charge on any atom is 0.262 e. The molecule has 2 N–H and O–H groups in total. The molecule has 0 saturated carbocycles. The Morgan fingerprint density at radius 1 is 1.12 bits per heavy atom. The van der Waals surface area contributed by atoms with Gasteiger partial charge in [-0.25, -0.2) is 0 Å². The van der Waals surface area contributed by atoms with Gasteiger partial charge >= 0.3 is 0 Å². The van der Waals surface area contributed by atoms with Gasteiger partial charge in [0, 0.05) is 30.9 Å². The molecule has 0 spiro atoms. The number of hydrogen-bond donors (Lipinski definition) is 2. The SMILES string of the molecule is CCCNC(=O)[C@H]1CC(=O)N(c2ccc(OCC(=O)Nc3c(C)cccc3CC)cc2)C1. The third-order valence-corrected chi connectivity index (χ3v) is 5.57. The Morgan fingerprint density at radius 2 is 1.88 bits per heavy atom. The molecule has 0 radical (unpaired) electrons. The van der Waals surface area contributed by atoms with Gasteiger partial charge in [0.1, 0.15) is 5.75 Å². The summed E-state index contributed by atoms with van der Waals surface area (Å²) in [5.74, 6) is -0.168. The summed E-state index contributed by atoms with van der Waals surface area (Å²) in [7, 11) is 0. The molecular weight excluding hydrogens is 406 g/mol. The Balaban J connectivity index is 1.54. The number of para-hydroxylation sites is 1. The molecule has 0 bridgehead atoms. The van der Waals surface area contributed by atoms with E-state index in [1.165, 1.54) is 0 Å². The molecular formula is C25H31N3O4. The Hall–Kier alpha value is -3.35. The van der Waals surface area contributed by atoms with Crippen molar-refractivity contribution in [3.8, 4) is 5.75 Å². The van der Waals surface area contributed by atoms with E-state index in [-0.39, 0.29) is 36.7 Å². The number of carbonyl (C=O) groups is 3. The monoisotopic (exact) mass is 437 g/mol. The molecule has 0 unspecified atom stereocenters. The molecule has 2 aromatic rings. The number of anilines is 2. The predicted octanol–water partition coefficient (Wildman–Crippen LogP) is 3.45. The number of rotatable bonds is 9. The van der Waals surface area contributed by atoms with Crippen LogP contribution in [0.5, 0.6) is 5.75 Å². The summed E-state index contributed by atoms with van der Waals surface area (Å²) in [6.45, 7) is 6.88. The number of nitrogens with zero attached hydrogens (tertiary/aromatic N) is 1. The number of benzene rings is 2. The van der Waals surface area contributed by atoms with Crippen molar-refractivity contribution in [2.75, 3.05) is 29.9 Å². The Morgan fingerprint density at radius 3 is 2.56 bits per heavy atom. The molecule has 1 atom stereocenters. The maximum atomic E-state index is 12.4. The van der Waals surface area contributed by atoms with E-state index in [2.05, 4.69) is 10.6 Å². The number of amides is 3. The normalized spacial score (nSPS) is 15.5. The number of carbonyl (C=O) groups excluding carboxylic acids is 3. The highest BCUT2D eigenvalue weighted by Crippen LogP contribution is 2.27. The highest BCUT2D eigenvalue weighted by molar-refractivity contribution is 6.00. The van der Waals surface area contributed by atoms with Gasteiger partial charge in [-0.15, -0.1) is 0 Å². The minimum absolute atomic E-state index is 0.0698. The molecule has 7 nitrogen and oxygen atoms in total. The standard InChI is InChI=1S/C25H31N3O4/c1-4-13-26-25(31)19-14-23(30)28(15-19)20-9-11-21(12-10-20)32-16-22(29)27-24-17(3)7-6-8-18(24)5-2/h6-12,19H,4-5,13-16H2,1-3H3,(H,26,31)(H,27,29)/t19-/m0/s1. The zero-order valence-electron chi connectivity index (χ0n) is 18.9. The van der Waals surface area contributed by atoms with Crippen molar-refractivity contribution in [2.24, 2.45) is 5.92 Å². The molecule has 0 aliphatic carbocycles. The third kappa shape index (κ3) is 5.66. The second kappa shape index (κ2) is 10.8. The Kier molecular flexibility index (Phi) is 7.87. The van der Waals surface area contributed by atoms with Crippen molar-refractivity contribution in [3.05, 3.63) is 53.6 Å². The van der Waals surface area contributed by atoms with E-state index in [1.807, 2.05) is 39.0 Å². The highest BCUT2D eigenvalue weighted by atomic mass is 16.5. The average Bonchev–Trinajstić information content (AvgIpc) is 3.19. The summed E-state index contributed by atoms with van der Waals surface area (Å²) in [6.07, 6.45) is 1.91. The lowest BCUT2D eigenvalue weighted by molar-refractivity contribution is -0.126. The van der Waals surface area contributed by atoms with Crippen LogP contribution in [-0.2, 0) is 20.8 Å². The van der Waals surface area contributed by atoms with Crippen LogP contribution in [0.4, 0.5) is 11.4 Å². The highest BCUT2D eigenvalue weighted by Gasteiger charge is 2.34. The van der Waals surface area contributed by atoms with Crippen LogP contribution in [0.1, 0.15) is 37.8 Å². The fourth-order valence-corrected chi connectivity index (χ4v) is 3.77. The van der Waals surface area contributed by atoms with Gasteiger partial charge in [-0.2, -0.15) is 0 Å². The summed E-state index contributed by atoms with van der Waals surface area (Å²) in [6, 6.07) is 12.9. The largest absolute Gasteiger partial charge is 0.484 e. The zero-order chi connectivity index (χ0) is 23.1. The molecule has 1 aliphatic heterocycles. The minimum Gasteiger partial charge on any atom is -0.484 e. The van der Waals surface area contributed by atoms with E-state index in [0.717, 1.165) is 29.7 Å². The average molecular weight is 438 g/mol. The first kappa shape index (κ1) is 23.3. The van der Waals surface area contributed by atoms with Crippen LogP contribution in [0.25, 0.3) is 0 Å². The lowest BCUT2D eigenvalue weighted by atomic mass is 10.1. The van der Waals surface area contributed by atoms with Gasteiger partial charge in [0.15, 0.2) is 6.61 Å². The van der Waals surface area contributed by atoms with Gasteiger partial charge in [0.25, 0.3) is 5.91 Å². The maximum absolute atomic E-state index is 12.4. The third-order valence-electron chi connectivity index (χ3n) is 5.57. The van der Waals surface area contributed by atoms with Crippen molar-refractivity contribution in [1.29, 1.82) is 0 Å². The first-order chi connectivity index (χ1) is 15.4. The van der Waals surface area contributed by atoms with Crippen molar-refractivity contribution in [3.63, 3.8) is 0 Å². The molecule has 32 heavy (non-hydrogen) atoms. The zero-order valence-corrected chi connectivity index (χ0v) is 18.9. The number of nitrogens with one attached hydrogen (secondary N) is 2. The summed E-state index contributed by atoms with van der Waals surface area (Å²) in [5.41, 5.74) is 3.65. The van der Waals surface area contributed by atoms with E-state index in [1.54, 1.807) is 29.2 Å². The Bertz CT molecular complexity index is 972. The topological polar surface area (TPSA) is 87.7 Å². The van der Waals surface area contributed by atoms with E-state index >= 15 is 0 Å². The number of ether oxygens (including phenoxy) is 1. The fourth-order valence-electron chi connectivity index (χ4n) is 3.77. The minimum atomic E-state index is -0.330. The molecule has 1 fully saturated rings. The first-order valence-corrected chi connectivity index (χ1v) is 11.1. The van der Waals surface area contributed by atoms with Crippen LogP contribution in [0, 0.1) is 12.8 Å². The first-order valence-electron chi connectivity index (χ1n) is 11.1. The lowest BCUT2D eigenvalue weighted by Crippen LogP contribution is -2.33. The van der Waals surface area contributed by atoms with Crippen LogP contribution < -0.4 is 20.3 Å². The van der Waals surface area contributed by atoms with Gasteiger partial charge in [0.05, 0.1) is 5.92 Å². The summed E-state index contributed by atoms with van der Waals surface area (Å²) < 4.78 is 5.62. The van der Waals surface area contributed by atoms with Gasteiger partial charge in [-0.1, -0.05) is 32.0 Å². The molecule has 7 heteroatoms.